The molecule has 1 aliphatic heterocycles. The van der Waals surface area contributed by atoms with E-state index in [0.717, 1.165) is 30.8 Å². The van der Waals surface area contributed by atoms with E-state index in [4.69, 9.17) is 5.73 Å². The maximum atomic E-state index is 12.9. The van der Waals surface area contributed by atoms with Gasteiger partial charge in [-0.2, -0.15) is 0 Å². The Balaban J connectivity index is 1.74. The van der Waals surface area contributed by atoms with E-state index in [1.54, 1.807) is 0 Å². The predicted molar refractivity (Wildman–Crippen MR) is 102 cm³/mol. The Morgan fingerprint density at radius 2 is 1.72 bits per heavy atom. The molecule has 3 rings (SSSR count). The van der Waals surface area contributed by atoms with Gasteiger partial charge in [0.25, 0.3) is 0 Å². The van der Waals surface area contributed by atoms with Crippen LogP contribution in [-0.2, 0) is 4.79 Å². The molecule has 1 saturated heterocycles. The fourth-order valence-electron chi connectivity index (χ4n) is 3.49. The smallest absolute Gasteiger partial charge is 0.227 e. The van der Waals surface area contributed by atoms with E-state index in [1.165, 1.54) is 12.8 Å². The zero-order chi connectivity index (χ0) is 17.6. The first-order chi connectivity index (χ1) is 12.1. The lowest BCUT2D eigenvalue weighted by Crippen LogP contribution is -2.38. The van der Waals surface area contributed by atoms with Gasteiger partial charge in [0.2, 0.25) is 5.91 Å². The molecule has 4 nitrogen and oxygen atoms in total. The van der Waals surface area contributed by atoms with E-state index in [2.05, 4.69) is 22.3 Å². The molecular weight excluding hydrogens is 310 g/mol. The molecule has 1 fully saturated rings. The van der Waals surface area contributed by atoms with Crippen molar-refractivity contribution in [2.45, 2.75) is 31.7 Å². The molecule has 25 heavy (non-hydrogen) atoms. The Hall–Kier alpha value is -2.33. The van der Waals surface area contributed by atoms with Crippen molar-refractivity contribution in [3.63, 3.8) is 0 Å². The van der Waals surface area contributed by atoms with E-state index in [1.807, 2.05) is 49.4 Å². The van der Waals surface area contributed by atoms with Crippen molar-refractivity contribution in [3.05, 3.63) is 65.7 Å². The van der Waals surface area contributed by atoms with Gasteiger partial charge in [-0.1, -0.05) is 48.5 Å². The summed E-state index contributed by atoms with van der Waals surface area (Å²) in [5, 5.41) is 3.25. The van der Waals surface area contributed by atoms with Gasteiger partial charge in [-0.05, 0) is 50.0 Å². The topological polar surface area (TPSA) is 58.4 Å². The largest absolute Gasteiger partial charge is 0.398 e. The summed E-state index contributed by atoms with van der Waals surface area (Å²) in [7, 11) is 0. The fourth-order valence-corrected chi connectivity index (χ4v) is 3.49. The highest BCUT2D eigenvalue weighted by Gasteiger charge is 2.24. The molecule has 0 saturated carbocycles. The van der Waals surface area contributed by atoms with Crippen LogP contribution in [0.25, 0.3) is 0 Å². The van der Waals surface area contributed by atoms with E-state index in [-0.39, 0.29) is 17.9 Å². The highest BCUT2D eigenvalue weighted by Crippen LogP contribution is 2.24. The van der Waals surface area contributed by atoms with Crippen molar-refractivity contribution in [3.8, 4) is 0 Å². The normalized spacial score (nSPS) is 17.2. The van der Waals surface area contributed by atoms with Crippen LogP contribution in [0, 0.1) is 0 Å². The van der Waals surface area contributed by atoms with Gasteiger partial charge in [-0.25, -0.2) is 0 Å². The third-order valence-corrected chi connectivity index (χ3v) is 5.01. The minimum Gasteiger partial charge on any atom is -0.398 e. The molecule has 2 atom stereocenters. The van der Waals surface area contributed by atoms with Crippen molar-refractivity contribution >= 4 is 11.6 Å². The molecule has 0 radical (unpaired) electrons. The lowest BCUT2D eigenvalue weighted by Gasteiger charge is -2.26. The van der Waals surface area contributed by atoms with Gasteiger partial charge in [0.1, 0.15) is 0 Å². The summed E-state index contributed by atoms with van der Waals surface area (Å²) in [6.07, 6.45) is 2.48. The Bertz CT molecular complexity index is 695. The maximum Gasteiger partial charge on any atom is 0.227 e. The number of hydrogen-bond acceptors (Lipinski definition) is 3. The molecule has 1 amide bonds. The summed E-state index contributed by atoms with van der Waals surface area (Å²) in [5.74, 6) is -0.253. The number of nitrogens with one attached hydrogen (secondary N) is 1. The van der Waals surface area contributed by atoms with Crippen molar-refractivity contribution in [1.82, 2.24) is 10.2 Å². The van der Waals surface area contributed by atoms with Gasteiger partial charge in [-0.15, -0.1) is 0 Å². The molecule has 0 aromatic heterocycles. The van der Waals surface area contributed by atoms with Crippen LogP contribution < -0.4 is 11.1 Å². The van der Waals surface area contributed by atoms with Crippen LogP contribution in [0.4, 0.5) is 5.69 Å². The molecule has 132 valence electrons. The lowest BCUT2D eigenvalue weighted by atomic mass is 9.97. The standard InChI is InChI=1S/C21H27N3O/c1-16(18-11-5-6-12-19(18)22)21(25)23-20(15-24-13-7-8-14-24)17-9-3-2-4-10-17/h2-6,9-12,16,20H,7-8,13-15,22H2,1H3,(H,23,25)/t16?,20-/m1/s1. The van der Waals surface area contributed by atoms with Crippen molar-refractivity contribution in [2.24, 2.45) is 0 Å². The summed E-state index contributed by atoms with van der Waals surface area (Å²) in [5.41, 5.74) is 8.74. The van der Waals surface area contributed by atoms with E-state index < -0.39 is 0 Å². The third-order valence-electron chi connectivity index (χ3n) is 5.01. The predicted octanol–water partition coefficient (Wildman–Crippen LogP) is 3.33. The number of hydrogen-bond donors (Lipinski definition) is 2. The van der Waals surface area contributed by atoms with Crippen LogP contribution in [0.3, 0.4) is 0 Å². The van der Waals surface area contributed by atoms with E-state index >= 15 is 0 Å². The zero-order valence-corrected chi connectivity index (χ0v) is 14.8. The minimum absolute atomic E-state index is 0.000753. The number of rotatable bonds is 6. The Morgan fingerprint density at radius 1 is 1.08 bits per heavy atom. The first-order valence-electron chi connectivity index (χ1n) is 9.07. The first-order valence-corrected chi connectivity index (χ1v) is 9.07. The SMILES string of the molecule is CC(C(=O)N[C@H](CN1CCCC1)c1ccccc1)c1ccccc1N. The second-order valence-electron chi connectivity index (χ2n) is 6.83. The number of anilines is 1. The third kappa shape index (κ3) is 4.40. The van der Waals surface area contributed by atoms with E-state index in [0.29, 0.717) is 5.69 Å². The minimum atomic E-state index is -0.272. The van der Waals surface area contributed by atoms with Crippen LogP contribution in [0.2, 0.25) is 0 Å². The van der Waals surface area contributed by atoms with Gasteiger partial charge in [0.15, 0.2) is 0 Å². The van der Waals surface area contributed by atoms with Crippen molar-refractivity contribution < 1.29 is 4.79 Å². The number of nitrogens with two attached hydrogens (primary N) is 1. The molecule has 0 bridgehead atoms. The summed E-state index contributed by atoms with van der Waals surface area (Å²) in [6, 6.07) is 17.8. The molecule has 2 aromatic carbocycles. The molecule has 1 aliphatic rings. The number of nitrogens with zero attached hydrogens (tertiary/aromatic N) is 1. The molecule has 0 spiro atoms. The Labute approximate surface area is 150 Å². The van der Waals surface area contributed by atoms with Gasteiger partial charge in [0.05, 0.1) is 12.0 Å². The molecule has 1 heterocycles. The van der Waals surface area contributed by atoms with Gasteiger partial charge in [-0.3, -0.25) is 4.79 Å². The molecule has 4 heteroatoms. The summed E-state index contributed by atoms with van der Waals surface area (Å²) < 4.78 is 0. The first kappa shape index (κ1) is 17.5. The van der Waals surface area contributed by atoms with Crippen LogP contribution in [0.1, 0.15) is 42.9 Å². The van der Waals surface area contributed by atoms with Gasteiger partial charge in [0, 0.05) is 12.2 Å². The lowest BCUT2D eigenvalue weighted by molar-refractivity contribution is -0.123. The number of carbonyl (C=O) groups is 1. The number of para-hydroxylation sites is 1. The number of nitrogen functional groups attached to an aromatic ring is 1. The monoisotopic (exact) mass is 337 g/mol. The Kier molecular flexibility index (Phi) is 5.71. The second-order valence-corrected chi connectivity index (χ2v) is 6.83. The summed E-state index contributed by atoms with van der Waals surface area (Å²) in [4.78, 5) is 15.3. The molecule has 1 unspecified atom stereocenters. The van der Waals surface area contributed by atoms with Crippen LogP contribution in [0.5, 0.6) is 0 Å². The average Bonchev–Trinajstić information content (AvgIpc) is 3.15. The Morgan fingerprint density at radius 3 is 2.40 bits per heavy atom. The average molecular weight is 337 g/mol. The molecule has 2 aromatic rings. The molecular formula is C21H27N3O. The molecule has 0 aliphatic carbocycles. The number of carbonyl (C=O) groups excluding carboxylic acids is 1. The van der Waals surface area contributed by atoms with E-state index in [9.17, 15) is 4.79 Å². The number of amides is 1. The number of benzene rings is 2. The summed E-state index contributed by atoms with van der Waals surface area (Å²) >= 11 is 0. The number of likely N-dealkylation sites (tertiary alicyclic amines) is 1. The highest BCUT2D eigenvalue weighted by atomic mass is 16.1. The van der Waals surface area contributed by atoms with Gasteiger partial charge >= 0.3 is 0 Å². The van der Waals surface area contributed by atoms with Crippen molar-refractivity contribution in [1.29, 1.82) is 0 Å². The van der Waals surface area contributed by atoms with Crippen LogP contribution in [-0.4, -0.2) is 30.4 Å². The summed E-state index contributed by atoms with van der Waals surface area (Å²) in [6.45, 7) is 4.99. The quantitative estimate of drug-likeness (QED) is 0.795. The van der Waals surface area contributed by atoms with Crippen LogP contribution in [0.15, 0.2) is 54.6 Å². The highest BCUT2D eigenvalue weighted by molar-refractivity contribution is 5.85. The van der Waals surface area contributed by atoms with Crippen molar-refractivity contribution in [2.75, 3.05) is 25.4 Å². The molecule has 3 N–H and O–H groups in total. The maximum absolute atomic E-state index is 12.9. The van der Waals surface area contributed by atoms with Gasteiger partial charge < -0.3 is 16.0 Å². The second kappa shape index (κ2) is 8.17. The zero-order valence-electron chi connectivity index (χ0n) is 14.8. The van der Waals surface area contributed by atoms with Crippen LogP contribution >= 0.6 is 0 Å². The fraction of sp³-hybridized carbons (Fsp3) is 0.381.